The van der Waals surface area contributed by atoms with Gasteiger partial charge in [-0.2, -0.15) is 0 Å². The molecule has 6 heteroatoms. The van der Waals surface area contributed by atoms with Crippen molar-refractivity contribution in [2.75, 3.05) is 26.0 Å². The quantitative estimate of drug-likeness (QED) is 0.547. The highest BCUT2D eigenvalue weighted by Gasteiger charge is 2.11. The molecule has 0 radical (unpaired) electrons. The number of nitrogens with zero attached hydrogens (tertiary/aromatic N) is 2. The fraction of sp³-hybridized carbons (Fsp3) is 0.385. The van der Waals surface area contributed by atoms with Crippen LogP contribution in [0.1, 0.15) is 6.92 Å². The highest BCUT2D eigenvalue weighted by molar-refractivity contribution is 5.94. The Balaban J connectivity index is 2.72. The first-order chi connectivity index (χ1) is 8.93. The summed E-state index contributed by atoms with van der Waals surface area (Å²) in [6.07, 6.45) is 0. The number of aliphatic imine (C=N–C) groups is 1. The van der Waals surface area contributed by atoms with E-state index in [9.17, 15) is 4.79 Å². The number of rotatable bonds is 4. The van der Waals surface area contributed by atoms with Crippen molar-refractivity contribution < 1.29 is 9.90 Å². The third kappa shape index (κ3) is 4.69. The number of aliphatic hydroxyl groups is 1. The van der Waals surface area contributed by atoms with E-state index in [1.54, 1.807) is 24.3 Å². The molecule has 0 aliphatic rings. The molecule has 1 atom stereocenters. The van der Waals surface area contributed by atoms with E-state index < -0.39 is 11.9 Å². The van der Waals surface area contributed by atoms with Gasteiger partial charge in [0, 0.05) is 19.8 Å². The first kappa shape index (κ1) is 15.1. The number of hydrogen-bond acceptors (Lipinski definition) is 4. The van der Waals surface area contributed by atoms with Gasteiger partial charge < -0.3 is 21.1 Å². The van der Waals surface area contributed by atoms with Crippen molar-refractivity contribution in [2.45, 2.75) is 13.0 Å². The monoisotopic (exact) mass is 264 g/mol. The number of hydrogen-bond donors (Lipinski definition) is 3. The van der Waals surface area contributed by atoms with E-state index in [4.69, 9.17) is 10.8 Å². The molecule has 0 heterocycles. The molecule has 1 aromatic carbocycles. The number of aliphatic hydroxyl groups excluding tert-OH is 1. The summed E-state index contributed by atoms with van der Waals surface area (Å²) >= 11 is 0. The molecule has 0 saturated heterocycles. The van der Waals surface area contributed by atoms with E-state index in [0.29, 0.717) is 5.69 Å². The van der Waals surface area contributed by atoms with E-state index >= 15 is 0 Å². The number of amides is 1. The van der Waals surface area contributed by atoms with Gasteiger partial charge in [0.2, 0.25) is 5.91 Å². The Labute approximate surface area is 112 Å². The van der Waals surface area contributed by atoms with E-state index in [2.05, 4.69) is 10.3 Å². The standard InChI is InChI=1S/C13H20N4O2/c1-9(17(2)3)15-10-4-6-11(7-5-10)16-13(19)12(14)8-18/h4-7,12,18H,8,14H2,1-3H3,(H,16,19)/t12-/m0/s1. The van der Waals surface area contributed by atoms with Gasteiger partial charge in [-0.1, -0.05) is 0 Å². The fourth-order valence-electron chi connectivity index (χ4n) is 1.22. The van der Waals surface area contributed by atoms with Crippen molar-refractivity contribution in [1.82, 2.24) is 4.90 Å². The zero-order valence-electron chi connectivity index (χ0n) is 11.4. The molecule has 1 rings (SSSR count). The molecule has 6 nitrogen and oxygen atoms in total. The van der Waals surface area contributed by atoms with Crippen LogP contribution in [0.4, 0.5) is 11.4 Å². The first-order valence-electron chi connectivity index (χ1n) is 5.94. The maximum Gasteiger partial charge on any atom is 0.243 e. The Bertz CT molecular complexity index is 454. The highest BCUT2D eigenvalue weighted by Crippen LogP contribution is 2.16. The van der Waals surface area contributed by atoms with Crippen molar-refractivity contribution in [2.24, 2.45) is 10.7 Å². The van der Waals surface area contributed by atoms with Crippen molar-refractivity contribution in [3.05, 3.63) is 24.3 Å². The minimum Gasteiger partial charge on any atom is -0.394 e. The van der Waals surface area contributed by atoms with Crippen molar-refractivity contribution in [1.29, 1.82) is 0 Å². The number of amidine groups is 1. The second kappa shape index (κ2) is 6.86. The molecule has 104 valence electrons. The predicted octanol–water partition coefficient (Wildman–Crippen LogP) is 0.556. The maximum atomic E-state index is 11.5. The molecule has 0 aliphatic carbocycles. The molecule has 0 aromatic heterocycles. The van der Waals surface area contributed by atoms with Crippen LogP contribution < -0.4 is 11.1 Å². The third-order valence-electron chi connectivity index (χ3n) is 2.61. The molecule has 0 fully saturated rings. The summed E-state index contributed by atoms with van der Waals surface area (Å²) in [6.45, 7) is 1.53. The molecule has 4 N–H and O–H groups in total. The van der Waals surface area contributed by atoms with Crippen molar-refractivity contribution in [3.63, 3.8) is 0 Å². The van der Waals surface area contributed by atoms with Gasteiger partial charge in [0.05, 0.1) is 12.3 Å². The number of anilines is 1. The Morgan fingerprint density at radius 2 is 2.00 bits per heavy atom. The van der Waals surface area contributed by atoms with Crippen LogP contribution in [0.5, 0.6) is 0 Å². The van der Waals surface area contributed by atoms with E-state index in [-0.39, 0.29) is 6.61 Å². The summed E-state index contributed by atoms with van der Waals surface area (Å²) in [7, 11) is 3.84. The Hall–Kier alpha value is -1.92. The van der Waals surface area contributed by atoms with Gasteiger partial charge >= 0.3 is 0 Å². The van der Waals surface area contributed by atoms with Crippen LogP contribution in [-0.4, -0.2) is 48.5 Å². The zero-order chi connectivity index (χ0) is 14.4. The van der Waals surface area contributed by atoms with E-state index in [0.717, 1.165) is 11.5 Å². The summed E-state index contributed by atoms with van der Waals surface area (Å²) in [4.78, 5) is 17.8. The number of carbonyl (C=O) groups is 1. The van der Waals surface area contributed by atoms with Gasteiger partial charge in [0.15, 0.2) is 0 Å². The van der Waals surface area contributed by atoms with Crippen LogP contribution >= 0.6 is 0 Å². The SMILES string of the molecule is CC(=Nc1ccc(NC(=O)[C@@H](N)CO)cc1)N(C)C. The molecule has 1 amide bonds. The van der Waals surface area contributed by atoms with Gasteiger partial charge in [0.1, 0.15) is 11.9 Å². The fourth-order valence-corrected chi connectivity index (χ4v) is 1.22. The highest BCUT2D eigenvalue weighted by atomic mass is 16.3. The number of carbonyl (C=O) groups excluding carboxylic acids is 1. The molecule has 0 spiro atoms. The molecule has 0 bridgehead atoms. The lowest BCUT2D eigenvalue weighted by Crippen LogP contribution is -2.38. The van der Waals surface area contributed by atoms with Gasteiger partial charge in [-0.05, 0) is 31.2 Å². The molecular weight excluding hydrogens is 244 g/mol. The second-order valence-corrected chi connectivity index (χ2v) is 4.38. The topological polar surface area (TPSA) is 91.0 Å². The van der Waals surface area contributed by atoms with Crippen LogP contribution in [0.15, 0.2) is 29.3 Å². The van der Waals surface area contributed by atoms with Crippen LogP contribution in [0.3, 0.4) is 0 Å². The molecule has 1 aromatic rings. The van der Waals surface area contributed by atoms with E-state index in [1.165, 1.54) is 0 Å². The van der Waals surface area contributed by atoms with Crippen LogP contribution in [0.2, 0.25) is 0 Å². The van der Waals surface area contributed by atoms with E-state index in [1.807, 2.05) is 25.9 Å². The Kier molecular flexibility index (Phi) is 5.47. The van der Waals surface area contributed by atoms with Crippen LogP contribution in [0, 0.1) is 0 Å². The first-order valence-corrected chi connectivity index (χ1v) is 5.94. The lowest BCUT2D eigenvalue weighted by Gasteiger charge is -2.11. The van der Waals surface area contributed by atoms with Gasteiger partial charge in [0.25, 0.3) is 0 Å². The molecule has 0 aliphatic heterocycles. The number of nitrogens with one attached hydrogen (secondary N) is 1. The van der Waals surface area contributed by atoms with Crippen LogP contribution in [-0.2, 0) is 4.79 Å². The number of nitrogens with two attached hydrogens (primary N) is 1. The smallest absolute Gasteiger partial charge is 0.243 e. The normalized spacial score (nSPS) is 13.0. The summed E-state index contributed by atoms with van der Waals surface area (Å²) in [5.74, 6) is 0.474. The average Bonchev–Trinajstić information content (AvgIpc) is 2.39. The van der Waals surface area contributed by atoms with Crippen molar-refractivity contribution in [3.8, 4) is 0 Å². The molecule has 0 saturated carbocycles. The lowest BCUT2D eigenvalue weighted by atomic mass is 10.2. The zero-order valence-corrected chi connectivity index (χ0v) is 11.4. The molecular formula is C13H20N4O2. The minimum atomic E-state index is -0.909. The Morgan fingerprint density at radius 1 is 1.42 bits per heavy atom. The predicted molar refractivity (Wildman–Crippen MR) is 76.6 cm³/mol. The summed E-state index contributed by atoms with van der Waals surface area (Å²) in [6, 6.07) is 6.17. The average molecular weight is 264 g/mol. The van der Waals surface area contributed by atoms with Crippen LogP contribution in [0.25, 0.3) is 0 Å². The van der Waals surface area contributed by atoms with Gasteiger partial charge in [-0.15, -0.1) is 0 Å². The molecule has 19 heavy (non-hydrogen) atoms. The third-order valence-corrected chi connectivity index (χ3v) is 2.61. The summed E-state index contributed by atoms with van der Waals surface area (Å²) in [5.41, 5.74) is 6.83. The second-order valence-electron chi connectivity index (χ2n) is 4.38. The minimum absolute atomic E-state index is 0.379. The lowest BCUT2D eigenvalue weighted by molar-refractivity contribution is -0.118. The Morgan fingerprint density at radius 3 is 2.47 bits per heavy atom. The maximum absolute atomic E-state index is 11.5. The molecule has 0 unspecified atom stereocenters. The number of benzene rings is 1. The van der Waals surface area contributed by atoms with Crippen molar-refractivity contribution >= 4 is 23.1 Å². The van der Waals surface area contributed by atoms with Gasteiger partial charge in [-0.3, -0.25) is 4.79 Å². The largest absolute Gasteiger partial charge is 0.394 e. The van der Waals surface area contributed by atoms with Gasteiger partial charge in [-0.25, -0.2) is 4.99 Å². The summed E-state index contributed by atoms with van der Waals surface area (Å²) < 4.78 is 0. The summed E-state index contributed by atoms with van der Waals surface area (Å²) in [5, 5.41) is 11.4.